The van der Waals surface area contributed by atoms with Crippen molar-refractivity contribution in [1.29, 1.82) is 0 Å². The lowest BCUT2D eigenvalue weighted by molar-refractivity contribution is -0.384. The van der Waals surface area contributed by atoms with Crippen molar-refractivity contribution < 1.29 is 27.6 Å². The van der Waals surface area contributed by atoms with Crippen molar-refractivity contribution in [1.82, 2.24) is 9.97 Å². The molecule has 0 aliphatic heterocycles. The van der Waals surface area contributed by atoms with E-state index in [1.165, 1.54) is 26.2 Å². The third kappa shape index (κ3) is 5.54. The van der Waals surface area contributed by atoms with Gasteiger partial charge in [0, 0.05) is 17.8 Å². The highest BCUT2D eigenvalue weighted by atomic mass is 32.2. The van der Waals surface area contributed by atoms with Gasteiger partial charge in [-0.2, -0.15) is 13.2 Å². The van der Waals surface area contributed by atoms with Crippen LogP contribution in [0.4, 0.5) is 24.5 Å². The molecule has 1 amide bonds. The number of nitro benzene ring substituents is 1. The highest BCUT2D eigenvalue weighted by Gasteiger charge is 2.33. The molecule has 1 N–H and O–H groups in total. The number of rotatable bonds is 6. The molecule has 0 spiro atoms. The molecule has 27 heavy (non-hydrogen) atoms. The van der Waals surface area contributed by atoms with Crippen LogP contribution in [0.1, 0.15) is 11.4 Å². The van der Waals surface area contributed by atoms with Crippen molar-refractivity contribution in [2.45, 2.75) is 18.3 Å². The van der Waals surface area contributed by atoms with Gasteiger partial charge in [-0.05, 0) is 19.1 Å². The fraction of sp³-hybridized carbons (Fsp3) is 0.267. The van der Waals surface area contributed by atoms with Gasteiger partial charge in [0.05, 0.1) is 23.5 Å². The first-order chi connectivity index (χ1) is 12.6. The summed E-state index contributed by atoms with van der Waals surface area (Å²) in [6.45, 7) is 1.38. The second-order valence-electron chi connectivity index (χ2n) is 5.15. The van der Waals surface area contributed by atoms with Crippen molar-refractivity contribution in [2.24, 2.45) is 0 Å². The molecule has 2 rings (SSSR count). The van der Waals surface area contributed by atoms with Gasteiger partial charge in [0.25, 0.3) is 5.69 Å². The number of aromatic nitrogens is 2. The summed E-state index contributed by atoms with van der Waals surface area (Å²) in [5, 5.41) is 13.0. The van der Waals surface area contributed by atoms with Crippen molar-refractivity contribution in [2.75, 3.05) is 18.2 Å². The molecule has 0 aliphatic rings. The summed E-state index contributed by atoms with van der Waals surface area (Å²) >= 11 is 0.707. The van der Waals surface area contributed by atoms with E-state index in [0.717, 1.165) is 12.1 Å². The molecular formula is C15H13F3N4O4S. The molecular weight excluding hydrogens is 389 g/mol. The summed E-state index contributed by atoms with van der Waals surface area (Å²) in [5.41, 5.74) is -1.17. The molecule has 0 bridgehead atoms. The summed E-state index contributed by atoms with van der Waals surface area (Å²) in [6.07, 6.45) is -4.62. The average molecular weight is 402 g/mol. The maximum atomic E-state index is 12.8. The summed E-state index contributed by atoms with van der Waals surface area (Å²) in [5.74, 6) is -0.713. The lowest BCUT2D eigenvalue weighted by atomic mass is 10.2. The van der Waals surface area contributed by atoms with E-state index in [4.69, 9.17) is 4.74 Å². The van der Waals surface area contributed by atoms with Crippen LogP contribution in [0.2, 0.25) is 0 Å². The van der Waals surface area contributed by atoms with Crippen molar-refractivity contribution >= 4 is 29.0 Å². The molecule has 1 aromatic heterocycles. The van der Waals surface area contributed by atoms with E-state index < -0.39 is 22.7 Å². The first kappa shape index (κ1) is 20.4. The van der Waals surface area contributed by atoms with Gasteiger partial charge < -0.3 is 10.1 Å². The first-order valence-corrected chi connectivity index (χ1v) is 8.26. The Morgan fingerprint density at radius 1 is 1.33 bits per heavy atom. The van der Waals surface area contributed by atoms with Crippen LogP contribution in [-0.2, 0) is 11.0 Å². The zero-order chi connectivity index (χ0) is 20.2. The number of nitrogens with zero attached hydrogens (tertiary/aromatic N) is 3. The first-order valence-electron chi connectivity index (χ1n) is 7.28. The highest BCUT2D eigenvalue weighted by molar-refractivity contribution is 7.99. The normalized spacial score (nSPS) is 11.1. The predicted molar refractivity (Wildman–Crippen MR) is 90.8 cm³/mol. The Morgan fingerprint density at radius 2 is 2.04 bits per heavy atom. The Kier molecular flexibility index (Phi) is 6.20. The minimum Gasteiger partial charge on any atom is -0.495 e. The van der Waals surface area contributed by atoms with Crippen LogP contribution in [0.3, 0.4) is 0 Å². The topological polar surface area (TPSA) is 107 Å². The highest BCUT2D eigenvalue weighted by Crippen LogP contribution is 2.30. The number of benzene rings is 1. The van der Waals surface area contributed by atoms with E-state index in [-0.39, 0.29) is 33.7 Å². The number of hydrogen-bond donors (Lipinski definition) is 1. The molecule has 12 heteroatoms. The number of anilines is 1. The van der Waals surface area contributed by atoms with Gasteiger partial charge in [-0.15, -0.1) is 0 Å². The number of aryl methyl sites for hydroxylation is 1. The number of non-ortho nitro benzene ring substituents is 1. The van der Waals surface area contributed by atoms with Crippen LogP contribution < -0.4 is 10.1 Å². The quantitative estimate of drug-likeness (QED) is 0.341. The van der Waals surface area contributed by atoms with E-state index in [1.807, 2.05) is 0 Å². The smallest absolute Gasteiger partial charge is 0.433 e. The number of alkyl halides is 3. The fourth-order valence-electron chi connectivity index (χ4n) is 1.97. The van der Waals surface area contributed by atoms with Gasteiger partial charge in [0.2, 0.25) is 5.91 Å². The van der Waals surface area contributed by atoms with Crippen LogP contribution in [-0.4, -0.2) is 33.7 Å². The minimum absolute atomic E-state index is 0.0680. The molecule has 0 saturated carbocycles. The van der Waals surface area contributed by atoms with Crippen LogP contribution in [0.25, 0.3) is 0 Å². The molecule has 0 atom stereocenters. The molecule has 0 aliphatic carbocycles. The molecule has 0 radical (unpaired) electrons. The lowest BCUT2D eigenvalue weighted by Gasteiger charge is -2.10. The van der Waals surface area contributed by atoms with Crippen molar-refractivity contribution in [3.8, 4) is 5.75 Å². The number of carbonyl (C=O) groups is 1. The Balaban J connectivity index is 2.10. The number of nitrogens with one attached hydrogen (secondary N) is 1. The maximum Gasteiger partial charge on any atom is 0.433 e. The standard InChI is InChI=1S/C15H13F3N4O4S/c1-8-5-12(15(16,17)18)21-14(19-8)27-7-13(23)20-10-6-9(22(24)25)3-4-11(10)26-2/h3-6H,7H2,1-2H3,(H,20,23). The molecule has 144 valence electrons. The number of amides is 1. The molecule has 1 aromatic carbocycles. The van der Waals surface area contributed by atoms with Crippen molar-refractivity contribution in [3.63, 3.8) is 0 Å². The van der Waals surface area contributed by atoms with E-state index in [0.29, 0.717) is 11.8 Å². The third-order valence-corrected chi connectivity index (χ3v) is 3.97. The molecule has 2 aromatic rings. The van der Waals surface area contributed by atoms with Gasteiger partial charge in [-0.25, -0.2) is 9.97 Å². The van der Waals surface area contributed by atoms with E-state index in [1.54, 1.807) is 0 Å². The van der Waals surface area contributed by atoms with Crippen LogP contribution >= 0.6 is 11.8 Å². The Labute approximate surface area is 155 Å². The monoisotopic (exact) mass is 402 g/mol. The number of nitro groups is 1. The van der Waals surface area contributed by atoms with Gasteiger partial charge in [0.1, 0.15) is 11.4 Å². The summed E-state index contributed by atoms with van der Waals surface area (Å²) in [4.78, 5) is 29.5. The molecule has 8 nitrogen and oxygen atoms in total. The minimum atomic E-state index is -4.62. The van der Waals surface area contributed by atoms with E-state index in [9.17, 15) is 28.1 Å². The third-order valence-electron chi connectivity index (χ3n) is 3.12. The molecule has 1 heterocycles. The summed E-state index contributed by atoms with van der Waals surface area (Å²) < 4.78 is 43.3. The molecule has 0 unspecified atom stereocenters. The van der Waals surface area contributed by atoms with E-state index >= 15 is 0 Å². The van der Waals surface area contributed by atoms with Crippen LogP contribution in [0, 0.1) is 17.0 Å². The zero-order valence-electron chi connectivity index (χ0n) is 14.0. The Morgan fingerprint density at radius 3 is 2.63 bits per heavy atom. The van der Waals surface area contributed by atoms with Gasteiger partial charge in [-0.3, -0.25) is 14.9 Å². The number of methoxy groups -OCH3 is 1. The Bertz CT molecular complexity index is 877. The number of halogens is 3. The predicted octanol–water partition coefficient (Wildman–Crippen LogP) is 3.45. The van der Waals surface area contributed by atoms with Gasteiger partial charge in [0.15, 0.2) is 5.16 Å². The zero-order valence-corrected chi connectivity index (χ0v) is 14.8. The van der Waals surface area contributed by atoms with Crippen LogP contribution in [0.5, 0.6) is 5.75 Å². The number of carbonyl (C=O) groups excluding carboxylic acids is 1. The fourth-order valence-corrected chi connectivity index (χ4v) is 2.68. The summed E-state index contributed by atoms with van der Waals surface area (Å²) in [6, 6.07) is 4.45. The molecule has 0 fully saturated rings. The number of thioether (sulfide) groups is 1. The lowest BCUT2D eigenvalue weighted by Crippen LogP contribution is -2.16. The average Bonchev–Trinajstić information content (AvgIpc) is 2.58. The largest absolute Gasteiger partial charge is 0.495 e. The number of ether oxygens (including phenoxy) is 1. The van der Waals surface area contributed by atoms with Crippen LogP contribution in [0.15, 0.2) is 29.4 Å². The van der Waals surface area contributed by atoms with E-state index in [2.05, 4.69) is 15.3 Å². The van der Waals surface area contributed by atoms with Crippen molar-refractivity contribution in [3.05, 3.63) is 45.8 Å². The second kappa shape index (κ2) is 8.20. The summed E-state index contributed by atoms with van der Waals surface area (Å²) in [7, 11) is 1.32. The Hall–Kier alpha value is -2.89. The maximum absolute atomic E-state index is 12.8. The SMILES string of the molecule is COc1ccc([N+](=O)[O-])cc1NC(=O)CSc1nc(C)cc(C(F)(F)F)n1. The molecule has 0 saturated heterocycles. The van der Waals surface area contributed by atoms with Gasteiger partial charge >= 0.3 is 6.18 Å². The van der Waals surface area contributed by atoms with Gasteiger partial charge in [-0.1, -0.05) is 11.8 Å². The second-order valence-corrected chi connectivity index (χ2v) is 6.10. The number of hydrogen-bond acceptors (Lipinski definition) is 7.